The number of aromatic nitrogens is 1. The van der Waals surface area contributed by atoms with Crippen LogP contribution >= 0.6 is 23.2 Å². The highest BCUT2D eigenvalue weighted by Gasteiger charge is 2.15. The summed E-state index contributed by atoms with van der Waals surface area (Å²) in [7, 11) is 0. The summed E-state index contributed by atoms with van der Waals surface area (Å²) >= 11 is 11.9. The molecule has 15 heavy (non-hydrogen) atoms. The van der Waals surface area contributed by atoms with Crippen molar-refractivity contribution in [1.29, 1.82) is 0 Å². The van der Waals surface area contributed by atoms with Crippen LogP contribution in [0.15, 0.2) is 36.7 Å². The van der Waals surface area contributed by atoms with Crippen LogP contribution < -0.4 is 0 Å². The van der Waals surface area contributed by atoms with Crippen molar-refractivity contribution in [1.82, 2.24) is 4.98 Å². The van der Waals surface area contributed by atoms with Crippen molar-refractivity contribution >= 4 is 23.2 Å². The molecule has 0 amide bonds. The molecule has 0 aliphatic rings. The fourth-order valence-electron chi connectivity index (χ4n) is 1.42. The van der Waals surface area contributed by atoms with Crippen LogP contribution in [0.5, 0.6) is 0 Å². The summed E-state index contributed by atoms with van der Waals surface area (Å²) in [5, 5.41) is 10.9. The van der Waals surface area contributed by atoms with Gasteiger partial charge in [0, 0.05) is 23.5 Å². The SMILES string of the molecule is OC(c1cc[nH]c1)c1cccc(Cl)c1Cl. The Bertz CT molecular complexity index is 454. The van der Waals surface area contributed by atoms with Gasteiger partial charge in [-0.2, -0.15) is 0 Å². The van der Waals surface area contributed by atoms with Crippen molar-refractivity contribution in [3.63, 3.8) is 0 Å². The van der Waals surface area contributed by atoms with Crippen molar-refractivity contribution in [2.45, 2.75) is 6.10 Å². The molecule has 0 aliphatic heterocycles. The maximum absolute atomic E-state index is 10.0. The lowest BCUT2D eigenvalue weighted by Gasteiger charge is -2.11. The Labute approximate surface area is 97.5 Å². The summed E-state index contributed by atoms with van der Waals surface area (Å²) in [4.78, 5) is 2.88. The molecule has 0 bridgehead atoms. The van der Waals surface area contributed by atoms with Gasteiger partial charge in [0.2, 0.25) is 0 Å². The maximum Gasteiger partial charge on any atom is 0.107 e. The first-order valence-corrected chi connectivity index (χ1v) is 5.20. The van der Waals surface area contributed by atoms with Crippen molar-refractivity contribution in [3.8, 4) is 0 Å². The van der Waals surface area contributed by atoms with E-state index in [0.29, 0.717) is 15.6 Å². The highest BCUT2D eigenvalue weighted by atomic mass is 35.5. The molecule has 1 aromatic carbocycles. The Morgan fingerprint density at radius 2 is 2.00 bits per heavy atom. The fraction of sp³-hybridized carbons (Fsp3) is 0.0909. The van der Waals surface area contributed by atoms with Gasteiger partial charge in [0.1, 0.15) is 6.10 Å². The molecular weight excluding hydrogens is 233 g/mol. The van der Waals surface area contributed by atoms with Crippen molar-refractivity contribution in [3.05, 3.63) is 57.8 Å². The molecule has 1 unspecified atom stereocenters. The van der Waals surface area contributed by atoms with E-state index in [9.17, 15) is 5.11 Å². The number of rotatable bonds is 2. The number of aromatic amines is 1. The Hall–Kier alpha value is -0.960. The molecule has 2 nitrogen and oxygen atoms in total. The lowest BCUT2D eigenvalue weighted by molar-refractivity contribution is 0.220. The monoisotopic (exact) mass is 241 g/mol. The Morgan fingerprint density at radius 1 is 1.20 bits per heavy atom. The number of benzene rings is 1. The second-order valence-corrected chi connectivity index (χ2v) is 3.98. The van der Waals surface area contributed by atoms with Gasteiger partial charge in [-0.25, -0.2) is 0 Å². The van der Waals surface area contributed by atoms with Crippen molar-refractivity contribution < 1.29 is 5.11 Å². The first-order chi connectivity index (χ1) is 7.20. The summed E-state index contributed by atoms with van der Waals surface area (Å²) in [6.45, 7) is 0. The van der Waals surface area contributed by atoms with E-state index in [-0.39, 0.29) is 0 Å². The minimum atomic E-state index is -0.748. The Balaban J connectivity index is 2.42. The van der Waals surface area contributed by atoms with Gasteiger partial charge in [-0.1, -0.05) is 35.3 Å². The number of halogens is 2. The van der Waals surface area contributed by atoms with E-state index < -0.39 is 6.10 Å². The number of aliphatic hydroxyl groups excluding tert-OH is 1. The molecule has 1 atom stereocenters. The van der Waals surface area contributed by atoms with Crippen LogP contribution in [0, 0.1) is 0 Å². The molecular formula is C11H9Cl2NO. The smallest absolute Gasteiger partial charge is 0.107 e. The van der Waals surface area contributed by atoms with Crippen LogP contribution in [0.3, 0.4) is 0 Å². The maximum atomic E-state index is 10.0. The van der Waals surface area contributed by atoms with Gasteiger partial charge in [0.25, 0.3) is 0 Å². The van der Waals surface area contributed by atoms with Gasteiger partial charge in [-0.15, -0.1) is 0 Å². The van der Waals surface area contributed by atoms with E-state index in [1.165, 1.54) is 0 Å². The molecule has 1 aromatic heterocycles. The van der Waals surface area contributed by atoms with Crippen LogP contribution in [0.1, 0.15) is 17.2 Å². The number of hydrogen-bond donors (Lipinski definition) is 2. The number of hydrogen-bond acceptors (Lipinski definition) is 1. The van der Waals surface area contributed by atoms with Crippen LogP contribution in [0.4, 0.5) is 0 Å². The van der Waals surface area contributed by atoms with Crippen molar-refractivity contribution in [2.24, 2.45) is 0 Å². The van der Waals surface area contributed by atoms with E-state index in [4.69, 9.17) is 23.2 Å². The number of nitrogens with one attached hydrogen (secondary N) is 1. The van der Waals surface area contributed by atoms with E-state index >= 15 is 0 Å². The van der Waals surface area contributed by atoms with E-state index in [1.54, 1.807) is 36.7 Å². The van der Waals surface area contributed by atoms with E-state index in [0.717, 1.165) is 5.56 Å². The largest absolute Gasteiger partial charge is 0.384 e. The molecule has 0 radical (unpaired) electrons. The standard InChI is InChI=1S/C11H9Cl2NO/c12-9-3-1-2-8(10(9)13)11(15)7-4-5-14-6-7/h1-6,11,14-15H. The van der Waals surface area contributed by atoms with Gasteiger partial charge in [-0.05, 0) is 12.1 Å². The molecule has 4 heteroatoms. The lowest BCUT2D eigenvalue weighted by atomic mass is 10.0. The minimum Gasteiger partial charge on any atom is -0.384 e. The molecule has 0 aliphatic carbocycles. The third-order valence-electron chi connectivity index (χ3n) is 2.21. The second-order valence-electron chi connectivity index (χ2n) is 3.19. The van der Waals surface area contributed by atoms with E-state index in [1.807, 2.05) is 0 Å². The minimum absolute atomic E-state index is 0.396. The molecule has 2 N–H and O–H groups in total. The highest BCUT2D eigenvalue weighted by Crippen LogP contribution is 2.32. The molecule has 78 valence electrons. The van der Waals surface area contributed by atoms with Crippen LogP contribution in [0.25, 0.3) is 0 Å². The molecule has 2 rings (SSSR count). The van der Waals surface area contributed by atoms with E-state index in [2.05, 4.69) is 4.98 Å². The third kappa shape index (κ3) is 2.02. The quantitative estimate of drug-likeness (QED) is 0.831. The summed E-state index contributed by atoms with van der Waals surface area (Å²) in [6, 6.07) is 7.00. The molecule has 2 aromatic rings. The van der Waals surface area contributed by atoms with Crippen LogP contribution in [-0.4, -0.2) is 10.1 Å². The van der Waals surface area contributed by atoms with Gasteiger partial charge in [-0.3, -0.25) is 0 Å². The lowest BCUT2D eigenvalue weighted by Crippen LogP contribution is -1.99. The summed E-state index contributed by atoms with van der Waals surface area (Å²) in [5.74, 6) is 0. The first-order valence-electron chi connectivity index (χ1n) is 4.45. The van der Waals surface area contributed by atoms with Gasteiger partial charge in [0.15, 0.2) is 0 Å². The zero-order chi connectivity index (χ0) is 10.8. The molecule has 0 spiro atoms. The zero-order valence-corrected chi connectivity index (χ0v) is 9.26. The summed E-state index contributed by atoms with van der Waals surface area (Å²) in [6.07, 6.45) is 2.72. The predicted octanol–water partition coefficient (Wildman–Crippen LogP) is 3.40. The van der Waals surface area contributed by atoms with Gasteiger partial charge < -0.3 is 10.1 Å². The predicted molar refractivity (Wildman–Crippen MR) is 61.3 cm³/mol. The average molecular weight is 242 g/mol. The van der Waals surface area contributed by atoms with Crippen LogP contribution in [0.2, 0.25) is 10.0 Å². The first kappa shape index (κ1) is 10.6. The Kier molecular flexibility index (Phi) is 3.00. The zero-order valence-electron chi connectivity index (χ0n) is 7.74. The molecule has 0 saturated heterocycles. The second kappa shape index (κ2) is 4.27. The van der Waals surface area contributed by atoms with Gasteiger partial charge >= 0.3 is 0 Å². The van der Waals surface area contributed by atoms with Crippen molar-refractivity contribution in [2.75, 3.05) is 0 Å². The van der Waals surface area contributed by atoms with Gasteiger partial charge in [0.05, 0.1) is 10.0 Å². The topological polar surface area (TPSA) is 36.0 Å². The normalized spacial score (nSPS) is 12.7. The highest BCUT2D eigenvalue weighted by molar-refractivity contribution is 6.42. The number of H-pyrrole nitrogens is 1. The summed E-state index contributed by atoms with van der Waals surface area (Å²) in [5.41, 5.74) is 1.38. The molecule has 0 fully saturated rings. The molecule has 1 heterocycles. The summed E-state index contributed by atoms with van der Waals surface area (Å²) < 4.78 is 0. The Morgan fingerprint density at radius 3 is 2.67 bits per heavy atom. The van der Waals surface area contributed by atoms with Crippen LogP contribution in [-0.2, 0) is 0 Å². The molecule has 0 saturated carbocycles. The fourth-order valence-corrected chi connectivity index (χ4v) is 1.83. The average Bonchev–Trinajstić information content (AvgIpc) is 2.74. The number of aliphatic hydroxyl groups is 1. The third-order valence-corrected chi connectivity index (χ3v) is 3.05.